The van der Waals surface area contributed by atoms with E-state index >= 15 is 0 Å². The molecule has 1 atom stereocenters. The van der Waals surface area contributed by atoms with Gasteiger partial charge in [-0.25, -0.2) is 0 Å². The van der Waals surface area contributed by atoms with Crippen LogP contribution in [-0.2, 0) is 4.79 Å². The second-order valence-corrected chi connectivity index (χ2v) is 3.67. The van der Waals surface area contributed by atoms with E-state index in [1.807, 2.05) is 0 Å². The summed E-state index contributed by atoms with van der Waals surface area (Å²) in [6.07, 6.45) is 0. The van der Waals surface area contributed by atoms with Gasteiger partial charge in [-0.1, -0.05) is 0 Å². The van der Waals surface area contributed by atoms with E-state index in [9.17, 15) is 9.59 Å². The number of nitrogens with two attached hydrogens (primary N) is 2. The van der Waals surface area contributed by atoms with Crippen LogP contribution in [0.2, 0.25) is 0 Å². The molecule has 0 spiro atoms. The molecular weight excluding hydrogens is 242 g/mol. The fraction of sp³-hybridized carbons (Fsp3) is 0.273. The van der Waals surface area contributed by atoms with Crippen LogP contribution in [0.3, 0.4) is 0 Å². The summed E-state index contributed by atoms with van der Waals surface area (Å²) in [5, 5.41) is 2.63. The highest BCUT2D eigenvalue weighted by Crippen LogP contribution is 2.14. The second-order valence-electron chi connectivity index (χ2n) is 3.67. The third kappa shape index (κ3) is 4.05. The summed E-state index contributed by atoms with van der Waals surface area (Å²) in [5.74, 6) is -0.756. The standard InChI is InChI=1S/C11H15N3O2.ClH/c1-6-5-8(14-11(16)7(2)12)3-4-9(6)10(13)15;/h3-5,7H,12H2,1-2H3,(H2,13,15)(H,14,16);1H/t7-;/m0./s1. The molecule has 17 heavy (non-hydrogen) atoms. The Morgan fingerprint density at radius 3 is 2.35 bits per heavy atom. The molecule has 6 heteroatoms. The molecule has 94 valence electrons. The van der Waals surface area contributed by atoms with Gasteiger partial charge < -0.3 is 16.8 Å². The SMILES string of the molecule is Cc1cc(NC(=O)[C@H](C)N)ccc1C(N)=O.Cl. The Morgan fingerprint density at radius 1 is 1.35 bits per heavy atom. The number of aryl methyl sites for hydroxylation is 1. The number of benzene rings is 1. The minimum atomic E-state index is -0.573. The lowest BCUT2D eigenvalue weighted by Gasteiger charge is -2.09. The Bertz CT molecular complexity index is 433. The topological polar surface area (TPSA) is 98.2 Å². The van der Waals surface area contributed by atoms with Gasteiger partial charge in [0.1, 0.15) is 0 Å². The van der Waals surface area contributed by atoms with Gasteiger partial charge in [0.2, 0.25) is 11.8 Å². The maximum atomic E-state index is 11.3. The smallest absolute Gasteiger partial charge is 0.248 e. The van der Waals surface area contributed by atoms with Crippen LogP contribution in [0.5, 0.6) is 0 Å². The first kappa shape index (κ1) is 15.4. The fourth-order valence-electron chi connectivity index (χ4n) is 1.27. The zero-order valence-corrected chi connectivity index (χ0v) is 10.5. The number of carbonyl (C=O) groups excluding carboxylic acids is 2. The van der Waals surface area contributed by atoms with Crippen molar-refractivity contribution in [3.05, 3.63) is 29.3 Å². The molecule has 2 amide bonds. The highest BCUT2D eigenvalue weighted by Gasteiger charge is 2.09. The van der Waals surface area contributed by atoms with Gasteiger partial charge in [-0.15, -0.1) is 12.4 Å². The van der Waals surface area contributed by atoms with Crippen molar-refractivity contribution in [2.24, 2.45) is 11.5 Å². The molecule has 0 saturated carbocycles. The van der Waals surface area contributed by atoms with Crippen LogP contribution in [0.25, 0.3) is 0 Å². The van der Waals surface area contributed by atoms with Crippen molar-refractivity contribution in [1.82, 2.24) is 0 Å². The Morgan fingerprint density at radius 2 is 1.94 bits per heavy atom. The zero-order chi connectivity index (χ0) is 12.3. The third-order valence-corrected chi connectivity index (χ3v) is 2.17. The number of hydrogen-bond donors (Lipinski definition) is 3. The fourth-order valence-corrected chi connectivity index (χ4v) is 1.27. The minimum Gasteiger partial charge on any atom is -0.366 e. The van der Waals surface area contributed by atoms with E-state index in [-0.39, 0.29) is 18.3 Å². The van der Waals surface area contributed by atoms with Crippen LogP contribution in [0.4, 0.5) is 5.69 Å². The van der Waals surface area contributed by atoms with Gasteiger partial charge in [0.25, 0.3) is 0 Å². The summed E-state index contributed by atoms with van der Waals surface area (Å²) >= 11 is 0. The number of primary amides is 1. The number of amides is 2. The molecule has 5 N–H and O–H groups in total. The van der Waals surface area contributed by atoms with Crippen molar-refractivity contribution in [3.8, 4) is 0 Å². The highest BCUT2D eigenvalue weighted by molar-refractivity contribution is 5.97. The van der Waals surface area contributed by atoms with Gasteiger partial charge in [-0.05, 0) is 37.6 Å². The molecule has 0 heterocycles. The number of hydrogen-bond acceptors (Lipinski definition) is 3. The lowest BCUT2D eigenvalue weighted by Crippen LogP contribution is -2.32. The van der Waals surface area contributed by atoms with Crippen LogP contribution in [0, 0.1) is 6.92 Å². The molecule has 1 rings (SSSR count). The van der Waals surface area contributed by atoms with Crippen LogP contribution in [-0.4, -0.2) is 17.9 Å². The van der Waals surface area contributed by atoms with E-state index in [2.05, 4.69) is 5.32 Å². The average molecular weight is 258 g/mol. The first-order valence-corrected chi connectivity index (χ1v) is 4.88. The molecule has 0 radical (unpaired) electrons. The van der Waals surface area contributed by atoms with Gasteiger partial charge in [0.15, 0.2) is 0 Å². The Kier molecular flexibility index (Phi) is 5.64. The Labute approximate surface area is 106 Å². The first-order valence-electron chi connectivity index (χ1n) is 4.88. The second kappa shape index (κ2) is 6.22. The molecule has 5 nitrogen and oxygen atoms in total. The number of anilines is 1. The maximum Gasteiger partial charge on any atom is 0.248 e. The molecule has 0 saturated heterocycles. The van der Waals surface area contributed by atoms with E-state index < -0.39 is 11.9 Å². The predicted molar refractivity (Wildman–Crippen MR) is 69.2 cm³/mol. The van der Waals surface area contributed by atoms with Crippen LogP contribution >= 0.6 is 12.4 Å². The van der Waals surface area contributed by atoms with E-state index in [1.165, 1.54) is 0 Å². The number of halogens is 1. The zero-order valence-electron chi connectivity index (χ0n) is 9.69. The molecule has 0 aliphatic rings. The quantitative estimate of drug-likeness (QED) is 0.747. The van der Waals surface area contributed by atoms with Gasteiger partial charge >= 0.3 is 0 Å². The van der Waals surface area contributed by atoms with Crippen molar-refractivity contribution in [2.75, 3.05) is 5.32 Å². The van der Waals surface area contributed by atoms with Crippen molar-refractivity contribution in [2.45, 2.75) is 19.9 Å². The van der Waals surface area contributed by atoms with E-state index in [0.717, 1.165) is 5.56 Å². The van der Waals surface area contributed by atoms with E-state index in [1.54, 1.807) is 32.0 Å². The number of carbonyl (C=O) groups is 2. The molecule has 0 aromatic heterocycles. The monoisotopic (exact) mass is 257 g/mol. The highest BCUT2D eigenvalue weighted by atomic mass is 35.5. The molecule has 0 aliphatic heterocycles. The van der Waals surface area contributed by atoms with Gasteiger partial charge in [0, 0.05) is 11.3 Å². The molecular formula is C11H16ClN3O2. The lowest BCUT2D eigenvalue weighted by atomic mass is 10.1. The van der Waals surface area contributed by atoms with Crippen LogP contribution < -0.4 is 16.8 Å². The number of rotatable bonds is 3. The Balaban J connectivity index is 0.00000256. The van der Waals surface area contributed by atoms with E-state index in [4.69, 9.17) is 11.5 Å². The molecule has 0 unspecified atom stereocenters. The van der Waals surface area contributed by atoms with Crippen molar-refractivity contribution >= 4 is 29.9 Å². The van der Waals surface area contributed by atoms with E-state index in [0.29, 0.717) is 11.3 Å². The predicted octanol–water partition coefficient (Wildman–Crippen LogP) is 0.801. The minimum absolute atomic E-state index is 0. The van der Waals surface area contributed by atoms with Gasteiger partial charge in [0.05, 0.1) is 6.04 Å². The summed E-state index contributed by atoms with van der Waals surface area (Å²) in [6, 6.07) is 4.30. The van der Waals surface area contributed by atoms with Crippen LogP contribution in [0.1, 0.15) is 22.8 Å². The molecule has 0 aliphatic carbocycles. The molecule has 1 aromatic rings. The van der Waals surface area contributed by atoms with Crippen molar-refractivity contribution in [3.63, 3.8) is 0 Å². The summed E-state index contributed by atoms with van der Waals surface area (Å²) < 4.78 is 0. The molecule has 1 aromatic carbocycles. The lowest BCUT2D eigenvalue weighted by molar-refractivity contribution is -0.117. The summed E-state index contributed by atoms with van der Waals surface area (Å²) in [7, 11) is 0. The van der Waals surface area contributed by atoms with Gasteiger partial charge in [-0.2, -0.15) is 0 Å². The first-order chi connectivity index (χ1) is 7.41. The molecule has 0 fully saturated rings. The average Bonchev–Trinajstić information content (AvgIpc) is 2.16. The summed E-state index contributed by atoms with van der Waals surface area (Å²) in [4.78, 5) is 22.3. The third-order valence-electron chi connectivity index (χ3n) is 2.17. The summed E-state index contributed by atoms with van der Waals surface area (Å²) in [6.45, 7) is 3.35. The van der Waals surface area contributed by atoms with Crippen molar-refractivity contribution in [1.29, 1.82) is 0 Å². The largest absolute Gasteiger partial charge is 0.366 e. The van der Waals surface area contributed by atoms with Crippen LogP contribution in [0.15, 0.2) is 18.2 Å². The Hall–Kier alpha value is -1.59. The molecule has 0 bridgehead atoms. The normalized spacial score (nSPS) is 11.2. The van der Waals surface area contributed by atoms with Gasteiger partial charge in [-0.3, -0.25) is 9.59 Å². The summed E-state index contributed by atoms with van der Waals surface area (Å²) in [5.41, 5.74) is 12.3. The number of nitrogens with one attached hydrogen (secondary N) is 1. The maximum absolute atomic E-state index is 11.3. The van der Waals surface area contributed by atoms with Crippen molar-refractivity contribution < 1.29 is 9.59 Å².